The number of hydrogen-bond donors (Lipinski definition) is 2. The van der Waals surface area contributed by atoms with E-state index in [1.54, 1.807) is 12.2 Å². The van der Waals surface area contributed by atoms with Gasteiger partial charge in [0.05, 0.1) is 0 Å². The second-order valence-electron chi connectivity index (χ2n) is 1.83. The van der Waals surface area contributed by atoms with Crippen LogP contribution < -0.4 is 0 Å². The maximum atomic E-state index is 10.2. The number of aliphatic carboxylic acids is 1. The lowest BCUT2D eigenvalue weighted by Crippen LogP contribution is -1.96. The predicted molar refractivity (Wildman–Crippen MR) is 37.4 cm³/mol. The third-order valence-electron chi connectivity index (χ3n) is 1.12. The van der Waals surface area contributed by atoms with Crippen molar-refractivity contribution in [2.24, 2.45) is 0 Å². The highest BCUT2D eigenvalue weighted by molar-refractivity contribution is 7.84. The number of carbonyl (C=O) groups is 1. The van der Waals surface area contributed by atoms with E-state index in [-0.39, 0.29) is 0 Å². The highest BCUT2D eigenvalue weighted by Gasteiger charge is 2.10. The Morgan fingerprint density at radius 1 is 1.67 bits per heavy atom. The Hall–Kier alpha value is -0.700. The summed E-state index contributed by atoms with van der Waals surface area (Å²) < 4.78 is 0. The molecular formula is C6H6O2S. The van der Waals surface area contributed by atoms with Crippen LogP contribution in [0.2, 0.25) is 0 Å². The standard InChI is InChI=1S/C6H6O2S/c7-6(8)4-1-2-5(9)3-4/h1-2,9H,3H2,(H,7,8). The second-order valence-corrected chi connectivity index (χ2v) is 2.41. The largest absolute Gasteiger partial charge is 0.478 e. The van der Waals surface area contributed by atoms with Crippen LogP contribution in [0.15, 0.2) is 22.6 Å². The Morgan fingerprint density at radius 3 is 2.56 bits per heavy atom. The van der Waals surface area contributed by atoms with Gasteiger partial charge < -0.3 is 5.11 Å². The summed E-state index contributed by atoms with van der Waals surface area (Å²) in [7, 11) is 0. The van der Waals surface area contributed by atoms with E-state index >= 15 is 0 Å². The molecule has 0 aromatic heterocycles. The molecule has 0 aromatic carbocycles. The van der Waals surface area contributed by atoms with Gasteiger partial charge in [-0.2, -0.15) is 0 Å². The fourth-order valence-corrected chi connectivity index (χ4v) is 0.902. The van der Waals surface area contributed by atoms with Crippen molar-refractivity contribution in [3.05, 3.63) is 22.6 Å². The lowest BCUT2D eigenvalue weighted by atomic mass is 10.2. The van der Waals surface area contributed by atoms with Crippen LogP contribution in [0.1, 0.15) is 6.42 Å². The van der Waals surface area contributed by atoms with Gasteiger partial charge in [0.15, 0.2) is 0 Å². The van der Waals surface area contributed by atoms with Crippen LogP contribution in [0, 0.1) is 0 Å². The molecule has 9 heavy (non-hydrogen) atoms. The first-order chi connectivity index (χ1) is 4.20. The molecule has 0 aliphatic heterocycles. The van der Waals surface area contributed by atoms with Crippen LogP contribution in [0.4, 0.5) is 0 Å². The lowest BCUT2D eigenvalue weighted by Gasteiger charge is -1.91. The van der Waals surface area contributed by atoms with Gasteiger partial charge in [0.1, 0.15) is 0 Å². The number of allylic oxidation sites excluding steroid dienone is 3. The summed E-state index contributed by atoms with van der Waals surface area (Å²) in [6.45, 7) is 0. The van der Waals surface area contributed by atoms with Crippen LogP contribution in [0.5, 0.6) is 0 Å². The van der Waals surface area contributed by atoms with Gasteiger partial charge in [-0.15, -0.1) is 12.6 Å². The molecular weight excluding hydrogens is 136 g/mol. The minimum Gasteiger partial charge on any atom is -0.478 e. The zero-order valence-electron chi connectivity index (χ0n) is 4.66. The first-order valence-corrected chi connectivity index (χ1v) is 2.97. The van der Waals surface area contributed by atoms with Crippen molar-refractivity contribution < 1.29 is 9.90 Å². The summed E-state index contributed by atoms with van der Waals surface area (Å²) in [6.07, 6.45) is 3.75. The highest BCUT2D eigenvalue weighted by atomic mass is 32.1. The van der Waals surface area contributed by atoms with Crippen molar-refractivity contribution in [1.82, 2.24) is 0 Å². The fourth-order valence-electron chi connectivity index (χ4n) is 0.657. The average molecular weight is 142 g/mol. The summed E-state index contributed by atoms with van der Waals surface area (Å²) in [5.41, 5.74) is 0.417. The molecule has 48 valence electrons. The van der Waals surface area contributed by atoms with Gasteiger partial charge >= 0.3 is 5.97 Å². The van der Waals surface area contributed by atoms with Gasteiger partial charge in [-0.1, -0.05) is 12.2 Å². The molecule has 0 aromatic rings. The summed E-state index contributed by atoms with van der Waals surface area (Å²) >= 11 is 3.99. The first-order valence-electron chi connectivity index (χ1n) is 2.52. The molecule has 0 unspecified atom stereocenters. The number of carboxylic acids is 1. The van der Waals surface area contributed by atoms with Gasteiger partial charge in [0.2, 0.25) is 0 Å². The topological polar surface area (TPSA) is 37.3 Å². The third-order valence-corrected chi connectivity index (χ3v) is 1.43. The van der Waals surface area contributed by atoms with E-state index in [1.165, 1.54) is 0 Å². The van der Waals surface area contributed by atoms with Gasteiger partial charge in [-0.3, -0.25) is 0 Å². The van der Waals surface area contributed by atoms with E-state index in [0.29, 0.717) is 12.0 Å². The Balaban J connectivity index is 2.64. The SMILES string of the molecule is O=C(O)C1=CC=C(S)C1. The summed E-state index contributed by atoms with van der Waals surface area (Å²) in [5.74, 6) is -0.852. The number of rotatable bonds is 1. The molecule has 0 amide bonds. The zero-order valence-corrected chi connectivity index (χ0v) is 5.56. The second kappa shape index (κ2) is 2.27. The normalized spacial score (nSPS) is 17.0. The van der Waals surface area contributed by atoms with Crippen molar-refractivity contribution in [3.63, 3.8) is 0 Å². The molecule has 0 saturated carbocycles. The molecule has 1 N–H and O–H groups in total. The number of hydrogen-bond acceptors (Lipinski definition) is 2. The Kier molecular flexibility index (Phi) is 1.62. The summed E-state index contributed by atoms with van der Waals surface area (Å²) in [5, 5.41) is 8.40. The van der Waals surface area contributed by atoms with Crippen molar-refractivity contribution >= 4 is 18.6 Å². The third kappa shape index (κ3) is 1.36. The maximum absolute atomic E-state index is 10.2. The van der Waals surface area contributed by atoms with Crippen molar-refractivity contribution in [2.75, 3.05) is 0 Å². The monoisotopic (exact) mass is 142 g/mol. The summed E-state index contributed by atoms with van der Waals surface area (Å²) in [6, 6.07) is 0. The molecule has 1 aliphatic rings. The lowest BCUT2D eigenvalue weighted by molar-refractivity contribution is -0.132. The van der Waals surface area contributed by atoms with Crippen LogP contribution >= 0.6 is 12.6 Å². The minimum absolute atomic E-state index is 0.417. The van der Waals surface area contributed by atoms with Crippen molar-refractivity contribution in [1.29, 1.82) is 0 Å². The fraction of sp³-hybridized carbons (Fsp3) is 0.167. The van der Waals surface area contributed by atoms with E-state index in [0.717, 1.165) is 4.91 Å². The zero-order chi connectivity index (χ0) is 6.85. The number of thiol groups is 1. The van der Waals surface area contributed by atoms with Crippen LogP contribution in [0.25, 0.3) is 0 Å². The molecule has 0 spiro atoms. The van der Waals surface area contributed by atoms with Crippen LogP contribution in [0.3, 0.4) is 0 Å². The molecule has 0 radical (unpaired) electrons. The molecule has 1 rings (SSSR count). The smallest absolute Gasteiger partial charge is 0.331 e. The molecule has 0 saturated heterocycles. The molecule has 0 bridgehead atoms. The highest BCUT2D eigenvalue weighted by Crippen LogP contribution is 2.20. The summed E-state index contributed by atoms with van der Waals surface area (Å²) in [4.78, 5) is 11.0. The van der Waals surface area contributed by atoms with E-state index in [2.05, 4.69) is 12.6 Å². The maximum Gasteiger partial charge on any atom is 0.331 e. The molecule has 2 nitrogen and oxygen atoms in total. The van der Waals surface area contributed by atoms with E-state index in [1.807, 2.05) is 0 Å². The first kappa shape index (κ1) is 6.42. The predicted octanol–water partition coefficient (Wildman–Crippen LogP) is 1.21. The van der Waals surface area contributed by atoms with Gasteiger partial charge in [0.25, 0.3) is 0 Å². The van der Waals surface area contributed by atoms with E-state index < -0.39 is 5.97 Å². The molecule has 0 fully saturated rings. The Labute approximate surface area is 58.3 Å². The molecule has 0 atom stereocenters. The van der Waals surface area contributed by atoms with Crippen molar-refractivity contribution in [2.45, 2.75) is 6.42 Å². The Morgan fingerprint density at radius 2 is 2.33 bits per heavy atom. The van der Waals surface area contributed by atoms with Crippen molar-refractivity contribution in [3.8, 4) is 0 Å². The number of carboxylic acid groups (broad SMARTS) is 1. The average Bonchev–Trinajstić information content (AvgIpc) is 2.14. The molecule has 1 aliphatic carbocycles. The minimum atomic E-state index is -0.852. The van der Waals surface area contributed by atoms with Crippen LogP contribution in [-0.4, -0.2) is 11.1 Å². The van der Waals surface area contributed by atoms with Gasteiger partial charge in [0, 0.05) is 12.0 Å². The quantitative estimate of drug-likeness (QED) is 0.540. The van der Waals surface area contributed by atoms with Gasteiger partial charge in [-0.05, 0) is 4.91 Å². The molecule has 0 heterocycles. The molecule has 3 heteroatoms. The Bertz CT molecular complexity index is 203. The van der Waals surface area contributed by atoms with Gasteiger partial charge in [-0.25, -0.2) is 4.79 Å². The van der Waals surface area contributed by atoms with E-state index in [4.69, 9.17) is 5.11 Å². The van der Waals surface area contributed by atoms with Crippen LogP contribution in [-0.2, 0) is 4.79 Å². The van der Waals surface area contributed by atoms with E-state index in [9.17, 15) is 4.79 Å².